The summed E-state index contributed by atoms with van der Waals surface area (Å²) in [6, 6.07) is 14.3. The molecular weight excluding hydrogens is 206 g/mol. The van der Waals surface area contributed by atoms with Crippen LogP contribution in [0.5, 0.6) is 0 Å². The Bertz CT molecular complexity index is 512. The van der Waals surface area contributed by atoms with Gasteiger partial charge in [0.2, 0.25) is 0 Å². The van der Waals surface area contributed by atoms with E-state index in [-0.39, 0.29) is 0 Å². The molecule has 0 fully saturated rings. The van der Waals surface area contributed by atoms with E-state index in [0.717, 1.165) is 16.8 Å². The van der Waals surface area contributed by atoms with E-state index in [1.807, 2.05) is 30.5 Å². The van der Waals surface area contributed by atoms with Crippen LogP contribution in [0.1, 0.15) is 36.6 Å². The maximum atomic E-state index is 4.48. The molecule has 1 aromatic heterocycles. The summed E-state index contributed by atoms with van der Waals surface area (Å²) in [5, 5.41) is 0. The minimum absolute atomic E-state index is 0.458. The Balaban J connectivity index is 2.45. The van der Waals surface area contributed by atoms with Crippen molar-refractivity contribution in [2.24, 2.45) is 0 Å². The number of rotatable bonds is 3. The Labute approximate surface area is 103 Å². The number of nitrogens with zero attached hydrogens (tertiary/aromatic N) is 1. The molecule has 0 aliphatic heterocycles. The molecule has 1 aromatic carbocycles. The first-order valence-corrected chi connectivity index (χ1v) is 5.89. The average Bonchev–Trinajstić information content (AvgIpc) is 2.39. The van der Waals surface area contributed by atoms with Gasteiger partial charge in [-0.05, 0) is 23.1 Å². The van der Waals surface area contributed by atoms with Gasteiger partial charge < -0.3 is 0 Å². The molecule has 0 atom stereocenters. The lowest BCUT2D eigenvalue weighted by Gasteiger charge is -2.13. The first-order valence-electron chi connectivity index (χ1n) is 5.89. The van der Waals surface area contributed by atoms with E-state index in [1.165, 1.54) is 5.56 Å². The first kappa shape index (κ1) is 11.6. The summed E-state index contributed by atoms with van der Waals surface area (Å²) in [7, 11) is 0. The first-order chi connectivity index (χ1) is 8.20. The van der Waals surface area contributed by atoms with E-state index in [1.54, 1.807) is 0 Å². The molecule has 1 nitrogen and oxygen atoms in total. The number of benzene rings is 1. The van der Waals surface area contributed by atoms with Gasteiger partial charge in [0.25, 0.3) is 0 Å². The van der Waals surface area contributed by atoms with E-state index in [4.69, 9.17) is 0 Å². The second-order valence-electron chi connectivity index (χ2n) is 4.44. The molecule has 0 spiro atoms. The molecule has 0 aliphatic carbocycles. The lowest BCUT2D eigenvalue weighted by molar-refractivity contribution is 0.852. The van der Waals surface area contributed by atoms with E-state index >= 15 is 0 Å². The third-order valence-electron chi connectivity index (χ3n) is 2.87. The quantitative estimate of drug-likeness (QED) is 0.757. The molecule has 0 bridgehead atoms. The molecule has 1 heteroatoms. The van der Waals surface area contributed by atoms with Gasteiger partial charge in [0, 0.05) is 11.8 Å². The van der Waals surface area contributed by atoms with Crippen molar-refractivity contribution >= 4 is 5.57 Å². The summed E-state index contributed by atoms with van der Waals surface area (Å²) in [6.07, 6.45) is 1.83. The average molecular weight is 223 g/mol. The van der Waals surface area contributed by atoms with Crippen LogP contribution < -0.4 is 0 Å². The monoisotopic (exact) mass is 223 g/mol. The molecule has 86 valence electrons. The predicted octanol–water partition coefficient (Wildman–Crippen LogP) is 4.27. The fourth-order valence-corrected chi connectivity index (χ4v) is 1.91. The molecule has 0 unspecified atom stereocenters. The SMILES string of the molecule is C=C(c1ccccc1)c1ncccc1C(C)C. The van der Waals surface area contributed by atoms with E-state index in [2.05, 4.69) is 43.6 Å². The predicted molar refractivity (Wildman–Crippen MR) is 72.9 cm³/mol. The van der Waals surface area contributed by atoms with Gasteiger partial charge >= 0.3 is 0 Å². The van der Waals surface area contributed by atoms with Crippen molar-refractivity contribution in [2.45, 2.75) is 19.8 Å². The van der Waals surface area contributed by atoms with Crippen LogP contribution in [0, 0.1) is 0 Å². The number of hydrogen-bond donors (Lipinski definition) is 0. The highest BCUT2D eigenvalue weighted by Crippen LogP contribution is 2.26. The highest BCUT2D eigenvalue weighted by atomic mass is 14.7. The van der Waals surface area contributed by atoms with Crippen molar-refractivity contribution in [1.29, 1.82) is 0 Å². The van der Waals surface area contributed by atoms with E-state index < -0.39 is 0 Å². The van der Waals surface area contributed by atoms with Crippen molar-refractivity contribution < 1.29 is 0 Å². The van der Waals surface area contributed by atoms with Crippen LogP contribution in [0.3, 0.4) is 0 Å². The van der Waals surface area contributed by atoms with E-state index in [9.17, 15) is 0 Å². The number of aromatic nitrogens is 1. The Morgan fingerprint density at radius 3 is 2.41 bits per heavy atom. The standard InChI is InChI=1S/C16H17N/c1-12(2)15-10-7-11-17-16(15)13(3)14-8-5-4-6-9-14/h4-12H,3H2,1-2H3. The van der Waals surface area contributed by atoms with Crippen LogP contribution in [0.25, 0.3) is 5.57 Å². The summed E-state index contributed by atoms with van der Waals surface area (Å²) in [4.78, 5) is 4.48. The molecule has 0 radical (unpaired) electrons. The molecule has 0 amide bonds. The maximum Gasteiger partial charge on any atom is 0.0736 e. The lowest BCUT2D eigenvalue weighted by Crippen LogP contribution is -1.99. The van der Waals surface area contributed by atoms with Gasteiger partial charge in [-0.1, -0.05) is 56.8 Å². The number of hydrogen-bond acceptors (Lipinski definition) is 1. The minimum atomic E-state index is 0.458. The van der Waals surface area contributed by atoms with Crippen molar-refractivity contribution in [3.05, 3.63) is 72.1 Å². The molecule has 17 heavy (non-hydrogen) atoms. The van der Waals surface area contributed by atoms with Crippen LogP contribution in [0.2, 0.25) is 0 Å². The van der Waals surface area contributed by atoms with Gasteiger partial charge in [0.15, 0.2) is 0 Å². The smallest absolute Gasteiger partial charge is 0.0736 e. The molecular formula is C16H17N. The van der Waals surface area contributed by atoms with Gasteiger partial charge in [-0.15, -0.1) is 0 Å². The molecule has 2 rings (SSSR count). The van der Waals surface area contributed by atoms with Crippen molar-refractivity contribution in [3.8, 4) is 0 Å². The zero-order valence-corrected chi connectivity index (χ0v) is 10.4. The van der Waals surface area contributed by atoms with Crippen LogP contribution >= 0.6 is 0 Å². The van der Waals surface area contributed by atoms with Crippen LogP contribution in [0.4, 0.5) is 0 Å². The highest BCUT2D eigenvalue weighted by Gasteiger charge is 2.11. The fraction of sp³-hybridized carbons (Fsp3) is 0.188. The number of pyridine rings is 1. The Kier molecular flexibility index (Phi) is 3.38. The van der Waals surface area contributed by atoms with Crippen LogP contribution in [0.15, 0.2) is 55.2 Å². The van der Waals surface area contributed by atoms with Crippen molar-refractivity contribution in [1.82, 2.24) is 4.98 Å². The zero-order chi connectivity index (χ0) is 12.3. The van der Waals surface area contributed by atoms with Gasteiger partial charge in [-0.25, -0.2) is 0 Å². The summed E-state index contributed by atoms with van der Waals surface area (Å²) < 4.78 is 0. The van der Waals surface area contributed by atoms with Crippen molar-refractivity contribution in [2.75, 3.05) is 0 Å². The topological polar surface area (TPSA) is 12.9 Å². The van der Waals surface area contributed by atoms with Crippen LogP contribution in [-0.4, -0.2) is 4.98 Å². The maximum absolute atomic E-state index is 4.48. The summed E-state index contributed by atoms with van der Waals surface area (Å²) in [6.45, 7) is 8.53. The summed E-state index contributed by atoms with van der Waals surface area (Å²) in [5.41, 5.74) is 4.39. The fourth-order valence-electron chi connectivity index (χ4n) is 1.91. The minimum Gasteiger partial charge on any atom is -0.256 e. The van der Waals surface area contributed by atoms with Gasteiger partial charge in [-0.3, -0.25) is 4.98 Å². The Morgan fingerprint density at radius 1 is 1.06 bits per heavy atom. The summed E-state index contributed by atoms with van der Waals surface area (Å²) in [5.74, 6) is 0.458. The van der Waals surface area contributed by atoms with Gasteiger partial charge in [0.1, 0.15) is 0 Å². The normalized spacial score (nSPS) is 10.5. The molecule has 2 aromatic rings. The molecule has 0 saturated heterocycles. The second kappa shape index (κ2) is 4.96. The third-order valence-corrected chi connectivity index (χ3v) is 2.87. The summed E-state index contributed by atoms with van der Waals surface area (Å²) >= 11 is 0. The molecule has 1 heterocycles. The molecule has 0 saturated carbocycles. The zero-order valence-electron chi connectivity index (χ0n) is 10.4. The van der Waals surface area contributed by atoms with Gasteiger partial charge in [-0.2, -0.15) is 0 Å². The lowest BCUT2D eigenvalue weighted by atomic mass is 9.94. The largest absolute Gasteiger partial charge is 0.256 e. The second-order valence-corrected chi connectivity index (χ2v) is 4.44. The Morgan fingerprint density at radius 2 is 1.76 bits per heavy atom. The van der Waals surface area contributed by atoms with E-state index in [0.29, 0.717) is 5.92 Å². The highest BCUT2D eigenvalue weighted by molar-refractivity contribution is 5.77. The van der Waals surface area contributed by atoms with Gasteiger partial charge in [0.05, 0.1) is 5.69 Å². The van der Waals surface area contributed by atoms with Crippen LogP contribution in [-0.2, 0) is 0 Å². The third kappa shape index (κ3) is 2.44. The molecule has 0 aliphatic rings. The Hall–Kier alpha value is -1.89. The van der Waals surface area contributed by atoms with Crippen molar-refractivity contribution in [3.63, 3.8) is 0 Å². The molecule has 0 N–H and O–H groups in total.